The van der Waals surface area contributed by atoms with Gasteiger partial charge >= 0.3 is 0 Å². The highest BCUT2D eigenvalue weighted by atomic mass is 16.2. The summed E-state index contributed by atoms with van der Waals surface area (Å²) in [6.07, 6.45) is 7.04. The van der Waals surface area contributed by atoms with Crippen LogP contribution in [0.2, 0.25) is 0 Å². The lowest BCUT2D eigenvalue weighted by Gasteiger charge is -2.24. The lowest BCUT2D eigenvalue weighted by Crippen LogP contribution is -2.45. The molecule has 0 radical (unpaired) electrons. The molecule has 0 aliphatic heterocycles. The van der Waals surface area contributed by atoms with E-state index in [-0.39, 0.29) is 23.7 Å². The van der Waals surface area contributed by atoms with Crippen molar-refractivity contribution in [2.75, 3.05) is 11.1 Å². The minimum absolute atomic E-state index is 0.0162. The quantitative estimate of drug-likeness (QED) is 0.468. The first kappa shape index (κ1) is 23.6. The van der Waals surface area contributed by atoms with Crippen LogP contribution in [0.15, 0.2) is 48.7 Å². The molecule has 1 aliphatic rings. The molecule has 34 heavy (non-hydrogen) atoms. The molecular weight excluding hydrogens is 430 g/mol. The molecule has 0 spiro atoms. The minimum atomic E-state index is -0.411. The summed E-state index contributed by atoms with van der Waals surface area (Å²) in [6.45, 7) is 4.23. The predicted molar refractivity (Wildman–Crippen MR) is 131 cm³/mol. The molecule has 1 fully saturated rings. The Balaban J connectivity index is 1.43. The van der Waals surface area contributed by atoms with E-state index in [4.69, 9.17) is 5.73 Å². The van der Waals surface area contributed by atoms with Crippen LogP contribution in [0.3, 0.4) is 0 Å². The first-order valence-electron chi connectivity index (χ1n) is 11.8. The van der Waals surface area contributed by atoms with Crippen LogP contribution >= 0.6 is 0 Å². The van der Waals surface area contributed by atoms with Crippen LogP contribution in [0.5, 0.6) is 0 Å². The number of nitrogen functional groups attached to an aromatic ring is 1. The van der Waals surface area contributed by atoms with Crippen LogP contribution < -0.4 is 16.4 Å². The van der Waals surface area contributed by atoms with Crippen molar-refractivity contribution in [2.45, 2.75) is 58.0 Å². The summed E-state index contributed by atoms with van der Waals surface area (Å²) >= 11 is 0. The highest BCUT2D eigenvalue weighted by molar-refractivity contribution is 5.98. The molecule has 0 saturated heterocycles. The number of carbonyl (C=O) groups is 2. The first-order valence-corrected chi connectivity index (χ1v) is 11.8. The first-order chi connectivity index (χ1) is 16.4. The average Bonchev–Trinajstić information content (AvgIpc) is 3.48. The second-order valence-corrected chi connectivity index (χ2v) is 9.12. The number of anilines is 2. The normalized spacial score (nSPS) is 14.9. The van der Waals surface area contributed by atoms with Crippen LogP contribution in [0.4, 0.5) is 11.6 Å². The lowest BCUT2D eigenvalue weighted by atomic mass is 10.0. The molecule has 1 aromatic carbocycles. The summed E-state index contributed by atoms with van der Waals surface area (Å²) in [4.78, 5) is 34.2. The highest BCUT2D eigenvalue weighted by Crippen LogP contribution is 2.21. The number of nitrogens with zero attached hydrogens (tertiary/aromatic N) is 4. The number of amides is 1. The van der Waals surface area contributed by atoms with E-state index in [2.05, 4.69) is 39.5 Å². The number of nitrogens with two attached hydrogens (primary N) is 1. The maximum absolute atomic E-state index is 13.0. The maximum Gasteiger partial charge on any atom is 0.281 e. The average molecular weight is 462 g/mol. The van der Waals surface area contributed by atoms with Gasteiger partial charge < -0.3 is 16.4 Å². The number of rotatable bonds is 8. The third kappa shape index (κ3) is 5.66. The molecule has 2 aromatic heterocycles. The summed E-state index contributed by atoms with van der Waals surface area (Å²) in [5.41, 5.74) is 7.47. The van der Waals surface area contributed by atoms with Crippen LogP contribution in [0, 0.1) is 5.92 Å². The number of hydrogen-bond acceptors (Lipinski definition) is 7. The smallest absolute Gasteiger partial charge is 0.281 e. The Morgan fingerprint density at radius 3 is 2.50 bits per heavy atom. The Morgan fingerprint density at radius 2 is 1.85 bits per heavy atom. The molecule has 2 heterocycles. The zero-order chi connectivity index (χ0) is 24.1. The molecule has 9 heteroatoms. The molecule has 1 saturated carbocycles. The van der Waals surface area contributed by atoms with Crippen LogP contribution in [0.1, 0.15) is 56.3 Å². The van der Waals surface area contributed by atoms with Crippen molar-refractivity contribution in [1.29, 1.82) is 0 Å². The largest absolute Gasteiger partial charge is 0.368 e. The van der Waals surface area contributed by atoms with Gasteiger partial charge in [-0.15, -0.1) is 5.10 Å². The number of hydrogen-bond donors (Lipinski definition) is 3. The van der Waals surface area contributed by atoms with Crippen LogP contribution in [-0.4, -0.2) is 43.6 Å². The molecular formula is C25H31N7O2. The van der Waals surface area contributed by atoms with Gasteiger partial charge in [0.05, 0.1) is 6.04 Å². The highest BCUT2D eigenvalue weighted by Gasteiger charge is 2.25. The summed E-state index contributed by atoms with van der Waals surface area (Å²) < 4.78 is 1.06. The topological polar surface area (TPSA) is 128 Å². The number of pyridine rings is 1. The van der Waals surface area contributed by atoms with Crippen molar-refractivity contribution in [3.63, 3.8) is 0 Å². The number of benzene rings is 1. The Bertz CT molecular complexity index is 1120. The van der Waals surface area contributed by atoms with E-state index >= 15 is 0 Å². The molecule has 9 nitrogen and oxygen atoms in total. The van der Waals surface area contributed by atoms with Gasteiger partial charge in [0, 0.05) is 23.5 Å². The van der Waals surface area contributed by atoms with Gasteiger partial charge in [-0.05, 0) is 61.6 Å². The van der Waals surface area contributed by atoms with Gasteiger partial charge in [0.1, 0.15) is 5.69 Å². The van der Waals surface area contributed by atoms with E-state index in [0.29, 0.717) is 28.9 Å². The number of nitrogens with one attached hydrogen (secondary N) is 2. The van der Waals surface area contributed by atoms with Crippen molar-refractivity contribution in [2.24, 2.45) is 5.92 Å². The second kappa shape index (κ2) is 10.6. The van der Waals surface area contributed by atoms with Crippen molar-refractivity contribution in [1.82, 2.24) is 25.1 Å². The Kier molecular flexibility index (Phi) is 7.32. The van der Waals surface area contributed by atoms with Crippen molar-refractivity contribution >= 4 is 23.5 Å². The van der Waals surface area contributed by atoms with E-state index in [0.717, 1.165) is 23.9 Å². The summed E-state index contributed by atoms with van der Waals surface area (Å²) in [7, 11) is 0. The van der Waals surface area contributed by atoms with Crippen LogP contribution in [0.25, 0.3) is 11.5 Å². The monoisotopic (exact) mass is 461 g/mol. The molecule has 0 unspecified atom stereocenters. The van der Waals surface area contributed by atoms with Crippen LogP contribution in [-0.2, 0) is 4.79 Å². The zero-order valence-corrected chi connectivity index (χ0v) is 19.6. The van der Waals surface area contributed by atoms with Gasteiger partial charge in [-0.1, -0.05) is 32.8 Å². The fraction of sp³-hybridized carbons (Fsp3) is 0.400. The summed E-state index contributed by atoms with van der Waals surface area (Å²) in [5.74, 6) is 0.193. The van der Waals surface area contributed by atoms with Crippen molar-refractivity contribution in [3.05, 3.63) is 54.2 Å². The molecule has 4 N–H and O–H groups in total. The standard InChI is InChI=1S/C25H31N7O2/c1-16(2)15-21(28-18-7-3-4-8-18)23(33)29-19-12-10-17(11-13-19)24(34)32-25(26)30-22(31-32)20-9-5-6-14-27-20/h5-6,9-14,16,18,21,28H,3-4,7-8,15H2,1-2H3,(H,29,33)(H2,26,30,31)/t21-/m1/s1. The Labute approximate surface area is 199 Å². The van der Waals surface area contributed by atoms with Gasteiger partial charge in [-0.25, -0.2) is 0 Å². The third-order valence-corrected chi connectivity index (χ3v) is 5.93. The number of aromatic nitrogens is 4. The lowest BCUT2D eigenvalue weighted by molar-refractivity contribution is -0.118. The van der Waals surface area contributed by atoms with E-state index in [9.17, 15) is 9.59 Å². The maximum atomic E-state index is 13.0. The molecule has 1 atom stereocenters. The molecule has 3 aromatic rings. The Morgan fingerprint density at radius 1 is 1.12 bits per heavy atom. The fourth-order valence-corrected chi connectivity index (χ4v) is 4.22. The molecule has 1 amide bonds. The van der Waals surface area contributed by atoms with E-state index < -0.39 is 5.91 Å². The fourth-order valence-electron chi connectivity index (χ4n) is 4.22. The predicted octanol–water partition coefficient (Wildman–Crippen LogP) is 3.50. The summed E-state index contributed by atoms with van der Waals surface area (Å²) in [5, 5.41) is 10.7. The Hall–Kier alpha value is -3.59. The molecule has 0 bridgehead atoms. The van der Waals surface area contributed by atoms with Gasteiger partial charge in [0.15, 0.2) is 0 Å². The van der Waals surface area contributed by atoms with Crippen molar-refractivity contribution < 1.29 is 9.59 Å². The van der Waals surface area contributed by atoms with Gasteiger partial charge in [0.25, 0.3) is 5.91 Å². The second-order valence-electron chi connectivity index (χ2n) is 9.12. The van der Waals surface area contributed by atoms with Gasteiger partial charge in [-0.3, -0.25) is 14.6 Å². The van der Waals surface area contributed by atoms with E-state index in [1.807, 2.05) is 6.07 Å². The number of carbonyl (C=O) groups excluding carboxylic acids is 2. The van der Waals surface area contributed by atoms with Gasteiger partial charge in [-0.2, -0.15) is 9.67 Å². The van der Waals surface area contributed by atoms with E-state index in [1.54, 1.807) is 42.6 Å². The summed E-state index contributed by atoms with van der Waals surface area (Å²) in [6, 6.07) is 12.2. The van der Waals surface area contributed by atoms with Crippen molar-refractivity contribution in [3.8, 4) is 11.5 Å². The minimum Gasteiger partial charge on any atom is -0.368 e. The molecule has 178 valence electrons. The SMILES string of the molecule is CC(C)C[C@@H](NC1CCCC1)C(=O)Nc1ccc(C(=O)n2nc(-c3ccccn3)nc2N)cc1. The molecule has 1 aliphatic carbocycles. The molecule has 4 rings (SSSR count). The zero-order valence-electron chi connectivity index (χ0n) is 19.6. The van der Waals surface area contributed by atoms with Gasteiger partial charge in [0.2, 0.25) is 17.7 Å². The third-order valence-electron chi connectivity index (χ3n) is 5.93. The van der Waals surface area contributed by atoms with E-state index in [1.165, 1.54) is 12.8 Å².